The van der Waals surface area contributed by atoms with E-state index in [-0.39, 0.29) is 17.6 Å². The molecule has 2 heterocycles. The molecule has 1 aromatic carbocycles. The number of aliphatic hydroxyl groups excluding tert-OH is 1. The first-order chi connectivity index (χ1) is 12.1. The van der Waals surface area contributed by atoms with Gasteiger partial charge >= 0.3 is 0 Å². The van der Waals surface area contributed by atoms with Crippen molar-refractivity contribution in [2.24, 2.45) is 5.92 Å². The number of carbonyl (C=O) groups is 2. The Morgan fingerprint density at radius 1 is 1.16 bits per heavy atom. The summed E-state index contributed by atoms with van der Waals surface area (Å²) in [5.41, 5.74) is 3.07. The maximum atomic E-state index is 12.9. The highest BCUT2D eigenvalue weighted by molar-refractivity contribution is 6.05. The number of nitrogens with zero attached hydrogens (tertiary/aromatic N) is 2. The molecule has 0 spiro atoms. The lowest BCUT2D eigenvalue weighted by atomic mass is 10.00. The van der Waals surface area contributed by atoms with Crippen LogP contribution < -0.4 is 0 Å². The van der Waals surface area contributed by atoms with E-state index >= 15 is 0 Å². The van der Waals surface area contributed by atoms with Crippen LogP contribution in [-0.4, -0.2) is 45.9 Å². The molecule has 1 fully saturated rings. The highest BCUT2D eigenvalue weighted by atomic mass is 16.3. The molecule has 1 aromatic heterocycles. The predicted molar refractivity (Wildman–Crippen MR) is 92.4 cm³/mol. The molecule has 25 heavy (non-hydrogen) atoms. The number of amides is 1. The number of rotatable bonds is 3. The van der Waals surface area contributed by atoms with Crippen LogP contribution >= 0.6 is 0 Å². The van der Waals surface area contributed by atoms with E-state index in [4.69, 9.17) is 0 Å². The maximum absolute atomic E-state index is 12.9. The highest BCUT2D eigenvalue weighted by Crippen LogP contribution is 2.28. The van der Waals surface area contributed by atoms with Gasteiger partial charge in [-0.25, -0.2) is 0 Å². The average Bonchev–Trinajstić information content (AvgIpc) is 3.19. The fraction of sp³-hybridized carbons (Fsp3) is 0.350. The van der Waals surface area contributed by atoms with Crippen LogP contribution in [0.2, 0.25) is 0 Å². The molecule has 4 rings (SSSR count). The Labute approximate surface area is 146 Å². The highest BCUT2D eigenvalue weighted by Gasteiger charge is 2.36. The number of benzene rings is 1. The Hall–Kier alpha value is -2.53. The molecule has 1 amide bonds. The second-order valence-electron chi connectivity index (χ2n) is 6.82. The average molecular weight is 336 g/mol. The summed E-state index contributed by atoms with van der Waals surface area (Å²) in [5.74, 6) is 0.00509. The Balaban J connectivity index is 1.52. The van der Waals surface area contributed by atoms with Crippen molar-refractivity contribution in [2.75, 3.05) is 13.1 Å². The van der Waals surface area contributed by atoms with E-state index in [0.29, 0.717) is 43.5 Å². The Morgan fingerprint density at radius 3 is 2.84 bits per heavy atom. The molecule has 0 bridgehead atoms. The minimum atomic E-state index is -0.552. The Bertz CT molecular complexity index is 819. The van der Waals surface area contributed by atoms with Crippen molar-refractivity contribution in [3.63, 3.8) is 0 Å². The molecule has 1 aliphatic carbocycles. The van der Waals surface area contributed by atoms with Crippen LogP contribution in [0.4, 0.5) is 0 Å². The molecule has 0 radical (unpaired) electrons. The maximum Gasteiger partial charge on any atom is 0.254 e. The number of hydrogen-bond acceptors (Lipinski definition) is 4. The van der Waals surface area contributed by atoms with Crippen LogP contribution in [0.5, 0.6) is 0 Å². The van der Waals surface area contributed by atoms with Crippen LogP contribution in [0.1, 0.15) is 38.4 Å². The van der Waals surface area contributed by atoms with Crippen LogP contribution in [0, 0.1) is 5.92 Å². The van der Waals surface area contributed by atoms with Gasteiger partial charge in [-0.1, -0.05) is 18.2 Å². The third kappa shape index (κ3) is 2.96. The van der Waals surface area contributed by atoms with Gasteiger partial charge in [0.1, 0.15) is 0 Å². The topological polar surface area (TPSA) is 70.5 Å². The molecule has 0 unspecified atom stereocenters. The van der Waals surface area contributed by atoms with Crippen molar-refractivity contribution in [3.8, 4) is 0 Å². The van der Waals surface area contributed by atoms with Crippen LogP contribution in [0.25, 0.3) is 0 Å². The number of hydrogen-bond donors (Lipinski definition) is 1. The number of carbonyl (C=O) groups excluding carboxylic acids is 2. The molecule has 1 N–H and O–H groups in total. The van der Waals surface area contributed by atoms with Crippen molar-refractivity contribution >= 4 is 11.7 Å². The van der Waals surface area contributed by atoms with Crippen molar-refractivity contribution in [3.05, 3.63) is 65.0 Å². The summed E-state index contributed by atoms with van der Waals surface area (Å²) in [5, 5.41) is 10.4. The van der Waals surface area contributed by atoms with Gasteiger partial charge in [0.15, 0.2) is 5.78 Å². The Morgan fingerprint density at radius 2 is 2.04 bits per heavy atom. The zero-order valence-electron chi connectivity index (χ0n) is 13.9. The van der Waals surface area contributed by atoms with Gasteiger partial charge in [-0.2, -0.15) is 0 Å². The molecule has 1 saturated heterocycles. The lowest BCUT2D eigenvalue weighted by Crippen LogP contribution is -2.30. The van der Waals surface area contributed by atoms with Gasteiger partial charge in [0, 0.05) is 48.4 Å². The second kappa shape index (κ2) is 6.41. The van der Waals surface area contributed by atoms with E-state index in [1.54, 1.807) is 29.3 Å². The smallest absolute Gasteiger partial charge is 0.254 e. The summed E-state index contributed by atoms with van der Waals surface area (Å²) in [7, 11) is 0. The first-order valence-electron chi connectivity index (χ1n) is 8.66. The molecule has 128 valence electrons. The minimum Gasteiger partial charge on any atom is -0.391 e. The van der Waals surface area contributed by atoms with Gasteiger partial charge in [0.2, 0.25) is 0 Å². The van der Waals surface area contributed by atoms with Gasteiger partial charge < -0.3 is 10.0 Å². The normalized spacial score (nSPS) is 22.3. The molecular weight excluding hydrogens is 316 g/mol. The number of ketones is 1. The van der Waals surface area contributed by atoms with E-state index in [1.165, 1.54) is 0 Å². The third-order valence-electron chi connectivity index (χ3n) is 5.20. The van der Waals surface area contributed by atoms with E-state index in [9.17, 15) is 14.7 Å². The summed E-state index contributed by atoms with van der Waals surface area (Å²) in [6.07, 6.45) is 2.94. The number of pyridine rings is 1. The summed E-state index contributed by atoms with van der Waals surface area (Å²) in [6, 6.07) is 11.1. The molecule has 0 saturated carbocycles. The Kier molecular flexibility index (Phi) is 4.09. The SMILES string of the molecule is O=C1CCc2c1cccc2C(=O)N1C[C@@H](Cc2ccccn2)[C@H](O)C1. The molecule has 2 aromatic rings. The monoisotopic (exact) mass is 336 g/mol. The summed E-state index contributed by atoms with van der Waals surface area (Å²) >= 11 is 0. The number of β-amino-alcohol motifs (C(OH)–C–C–N with tert-alkyl or cyclic N) is 1. The van der Waals surface area contributed by atoms with Gasteiger partial charge in [0.05, 0.1) is 6.10 Å². The van der Waals surface area contributed by atoms with Crippen molar-refractivity contribution in [1.29, 1.82) is 0 Å². The molecule has 5 nitrogen and oxygen atoms in total. The number of Topliss-reactive ketones (excluding diaryl/α,β-unsaturated/α-hetero) is 1. The first-order valence-corrected chi connectivity index (χ1v) is 8.66. The molecule has 2 aliphatic rings. The van der Waals surface area contributed by atoms with Crippen molar-refractivity contribution in [2.45, 2.75) is 25.4 Å². The summed E-state index contributed by atoms with van der Waals surface area (Å²) in [4.78, 5) is 30.9. The van der Waals surface area contributed by atoms with Gasteiger partial charge in [0.25, 0.3) is 5.91 Å². The predicted octanol–water partition coefficient (Wildman–Crippen LogP) is 1.89. The molecule has 2 atom stereocenters. The van der Waals surface area contributed by atoms with Crippen molar-refractivity contribution < 1.29 is 14.7 Å². The van der Waals surface area contributed by atoms with E-state index in [1.807, 2.05) is 18.2 Å². The van der Waals surface area contributed by atoms with E-state index < -0.39 is 6.10 Å². The van der Waals surface area contributed by atoms with Gasteiger partial charge in [-0.3, -0.25) is 14.6 Å². The van der Waals surface area contributed by atoms with Gasteiger partial charge in [-0.15, -0.1) is 0 Å². The molecule has 5 heteroatoms. The molecule has 1 aliphatic heterocycles. The zero-order valence-corrected chi connectivity index (χ0v) is 13.9. The van der Waals surface area contributed by atoms with Crippen LogP contribution in [0.15, 0.2) is 42.6 Å². The lowest BCUT2D eigenvalue weighted by Gasteiger charge is -2.18. The minimum absolute atomic E-state index is 0.0164. The number of aliphatic hydroxyl groups is 1. The number of fused-ring (bicyclic) bond motifs is 1. The lowest BCUT2D eigenvalue weighted by molar-refractivity contribution is 0.0763. The fourth-order valence-electron chi connectivity index (χ4n) is 3.87. The van der Waals surface area contributed by atoms with Crippen LogP contribution in [0.3, 0.4) is 0 Å². The van der Waals surface area contributed by atoms with E-state index in [0.717, 1.165) is 11.3 Å². The first kappa shape index (κ1) is 16.0. The van der Waals surface area contributed by atoms with Crippen molar-refractivity contribution in [1.82, 2.24) is 9.88 Å². The van der Waals surface area contributed by atoms with Crippen LogP contribution in [-0.2, 0) is 12.8 Å². The third-order valence-corrected chi connectivity index (χ3v) is 5.20. The summed E-state index contributed by atoms with van der Waals surface area (Å²) in [6.45, 7) is 0.835. The summed E-state index contributed by atoms with van der Waals surface area (Å²) < 4.78 is 0. The fourth-order valence-corrected chi connectivity index (χ4v) is 3.87. The zero-order chi connectivity index (χ0) is 17.4. The molecular formula is C20H20N2O3. The quantitative estimate of drug-likeness (QED) is 0.929. The van der Waals surface area contributed by atoms with E-state index in [2.05, 4.69) is 4.98 Å². The number of aromatic nitrogens is 1. The standard InChI is InChI=1S/C20H20N2O3/c23-18-8-7-15-16(18)5-3-6-17(15)20(25)22-11-13(19(24)12-22)10-14-4-1-2-9-21-14/h1-6,9,13,19,24H,7-8,10-12H2/t13-,19-/m1/s1. The largest absolute Gasteiger partial charge is 0.391 e. The van der Waals surface area contributed by atoms with Gasteiger partial charge in [-0.05, 0) is 36.6 Å². The second-order valence-corrected chi connectivity index (χ2v) is 6.82. The number of likely N-dealkylation sites (tertiary alicyclic amines) is 1.